The Labute approximate surface area is 91.5 Å². The third-order valence-electron chi connectivity index (χ3n) is 3.23. The Morgan fingerprint density at radius 3 is 2.60 bits per heavy atom. The van der Waals surface area contributed by atoms with Crippen molar-refractivity contribution in [2.75, 3.05) is 13.7 Å². The van der Waals surface area contributed by atoms with Gasteiger partial charge in [0.15, 0.2) is 0 Å². The van der Waals surface area contributed by atoms with Gasteiger partial charge in [0.05, 0.1) is 5.54 Å². The predicted molar refractivity (Wildman–Crippen MR) is 59.5 cm³/mol. The molecule has 1 aliphatic rings. The van der Waals surface area contributed by atoms with Crippen LogP contribution in [0.4, 0.5) is 0 Å². The zero-order chi connectivity index (χ0) is 11.3. The van der Waals surface area contributed by atoms with E-state index >= 15 is 0 Å². The van der Waals surface area contributed by atoms with Crippen molar-refractivity contribution in [3.8, 4) is 0 Å². The average molecular weight is 214 g/mol. The molecule has 1 aliphatic carbocycles. The van der Waals surface area contributed by atoms with Gasteiger partial charge in [-0.3, -0.25) is 4.79 Å². The third-order valence-corrected chi connectivity index (χ3v) is 3.23. The van der Waals surface area contributed by atoms with Crippen LogP contribution in [-0.2, 0) is 9.53 Å². The topological polar surface area (TPSA) is 64.3 Å². The molecule has 0 aromatic rings. The summed E-state index contributed by atoms with van der Waals surface area (Å²) in [5.41, 5.74) is 4.81. The van der Waals surface area contributed by atoms with Gasteiger partial charge in [0.2, 0.25) is 5.91 Å². The van der Waals surface area contributed by atoms with Gasteiger partial charge in [-0.2, -0.15) is 0 Å². The fourth-order valence-corrected chi connectivity index (χ4v) is 2.09. The fraction of sp³-hybridized carbons (Fsp3) is 0.909. The smallest absolute Gasteiger partial charge is 0.237 e. The summed E-state index contributed by atoms with van der Waals surface area (Å²) >= 11 is 0. The highest BCUT2D eigenvalue weighted by atomic mass is 16.5. The number of amides is 1. The van der Waals surface area contributed by atoms with Gasteiger partial charge in [-0.15, -0.1) is 0 Å². The van der Waals surface area contributed by atoms with Crippen LogP contribution < -0.4 is 11.1 Å². The number of nitrogens with two attached hydrogens (primary N) is 1. The van der Waals surface area contributed by atoms with Crippen LogP contribution in [-0.4, -0.2) is 31.2 Å². The van der Waals surface area contributed by atoms with Crippen molar-refractivity contribution in [3.05, 3.63) is 0 Å². The minimum Gasteiger partial charge on any atom is -0.385 e. The zero-order valence-electron chi connectivity index (χ0n) is 9.71. The summed E-state index contributed by atoms with van der Waals surface area (Å²) in [5, 5.41) is 3.37. The number of rotatable bonds is 6. The zero-order valence-corrected chi connectivity index (χ0v) is 9.71. The van der Waals surface area contributed by atoms with E-state index in [9.17, 15) is 4.79 Å². The molecule has 3 N–H and O–H groups in total. The van der Waals surface area contributed by atoms with Crippen molar-refractivity contribution in [3.63, 3.8) is 0 Å². The van der Waals surface area contributed by atoms with E-state index in [1.807, 2.05) is 6.92 Å². The van der Waals surface area contributed by atoms with E-state index in [-0.39, 0.29) is 5.91 Å². The minimum absolute atomic E-state index is 0.286. The molecule has 1 unspecified atom stereocenters. The van der Waals surface area contributed by atoms with Crippen LogP contribution >= 0.6 is 0 Å². The van der Waals surface area contributed by atoms with E-state index in [0.717, 1.165) is 12.8 Å². The molecular formula is C11H22N2O2. The highest BCUT2D eigenvalue weighted by Gasteiger charge is 2.33. The van der Waals surface area contributed by atoms with E-state index in [2.05, 4.69) is 5.32 Å². The van der Waals surface area contributed by atoms with Gasteiger partial charge in [-0.05, 0) is 26.2 Å². The van der Waals surface area contributed by atoms with Crippen molar-refractivity contribution < 1.29 is 9.53 Å². The molecular weight excluding hydrogens is 192 g/mol. The molecule has 0 saturated heterocycles. The molecule has 1 amide bonds. The second kappa shape index (κ2) is 5.47. The number of primary amides is 1. The van der Waals surface area contributed by atoms with E-state index < -0.39 is 5.54 Å². The van der Waals surface area contributed by atoms with Crippen LogP contribution in [0.25, 0.3) is 0 Å². The largest absolute Gasteiger partial charge is 0.385 e. The average Bonchev–Trinajstić information content (AvgIpc) is 2.67. The lowest BCUT2D eigenvalue weighted by Gasteiger charge is -2.30. The lowest BCUT2D eigenvalue weighted by atomic mass is 9.95. The predicted octanol–water partition coefficient (Wildman–Crippen LogP) is 0.799. The highest BCUT2D eigenvalue weighted by molar-refractivity contribution is 5.84. The molecule has 1 atom stereocenters. The molecule has 0 spiro atoms. The lowest BCUT2D eigenvalue weighted by Crippen LogP contribution is -2.56. The van der Waals surface area contributed by atoms with Crippen LogP contribution in [0.5, 0.6) is 0 Å². The molecule has 15 heavy (non-hydrogen) atoms. The lowest BCUT2D eigenvalue weighted by molar-refractivity contribution is -0.124. The first-order valence-electron chi connectivity index (χ1n) is 5.65. The number of hydrogen-bond donors (Lipinski definition) is 2. The number of carbonyl (C=O) groups excluding carboxylic acids is 1. The molecule has 0 aliphatic heterocycles. The maximum Gasteiger partial charge on any atom is 0.237 e. The summed E-state index contributed by atoms with van der Waals surface area (Å²) in [7, 11) is 1.64. The normalized spacial score (nSPS) is 21.5. The van der Waals surface area contributed by atoms with Crippen molar-refractivity contribution in [1.82, 2.24) is 5.32 Å². The molecule has 0 heterocycles. The molecule has 0 radical (unpaired) electrons. The second-order valence-electron chi connectivity index (χ2n) is 4.56. The first kappa shape index (κ1) is 12.5. The minimum atomic E-state index is -0.620. The summed E-state index contributed by atoms with van der Waals surface area (Å²) < 4.78 is 5.00. The maximum atomic E-state index is 11.4. The first-order chi connectivity index (χ1) is 7.08. The Balaban J connectivity index is 2.51. The molecule has 0 aromatic heterocycles. The quantitative estimate of drug-likeness (QED) is 0.687. The molecule has 4 heteroatoms. The second-order valence-corrected chi connectivity index (χ2v) is 4.56. The van der Waals surface area contributed by atoms with Gasteiger partial charge >= 0.3 is 0 Å². The summed E-state index contributed by atoms with van der Waals surface area (Å²) in [6.45, 7) is 2.42. The van der Waals surface area contributed by atoms with Gasteiger partial charge in [0.25, 0.3) is 0 Å². The molecule has 1 rings (SSSR count). The standard InChI is InChI=1S/C11H22N2O2/c1-11(10(12)14,7-8-15-2)13-9-5-3-4-6-9/h9,13H,3-8H2,1-2H3,(H2,12,14). The first-order valence-corrected chi connectivity index (χ1v) is 5.65. The Hall–Kier alpha value is -0.610. The monoisotopic (exact) mass is 214 g/mol. The molecule has 4 nitrogen and oxygen atoms in total. The van der Waals surface area contributed by atoms with E-state index in [1.54, 1.807) is 7.11 Å². The number of ether oxygens (including phenoxy) is 1. The van der Waals surface area contributed by atoms with Gasteiger partial charge < -0.3 is 15.8 Å². The van der Waals surface area contributed by atoms with Crippen LogP contribution in [0, 0.1) is 0 Å². The van der Waals surface area contributed by atoms with Gasteiger partial charge in [-0.1, -0.05) is 12.8 Å². The number of nitrogens with one attached hydrogen (secondary N) is 1. The Bertz CT molecular complexity index is 215. The Kier molecular flexibility index (Phi) is 4.54. The summed E-state index contributed by atoms with van der Waals surface area (Å²) in [6.07, 6.45) is 5.43. The number of hydrogen-bond acceptors (Lipinski definition) is 3. The third kappa shape index (κ3) is 3.47. The van der Waals surface area contributed by atoms with Crippen molar-refractivity contribution in [2.24, 2.45) is 5.73 Å². The van der Waals surface area contributed by atoms with Gasteiger partial charge in [-0.25, -0.2) is 0 Å². The molecule has 1 saturated carbocycles. The summed E-state index contributed by atoms with van der Waals surface area (Å²) in [4.78, 5) is 11.4. The van der Waals surface area contributed by atoms with Gasteiger partial charge in [0, 0.05) is 19.8 Å². The molecule has 0 aromatic carbocycles. The fourth-order valence-electron chi connectivity index (χ4n) is 2.09. The van der Waals surface area contributed by atoms with Crippen LogP contribution in [0.15, 0.2) is 0 Å². The molecule has 1 fully saturated rings. The van der Waals surface area contributed by atoms with Crippen molar-refractivity contribution in [1.29, 1.82) is 0 Å². The highest BCUT2D eigenvalue weighted by Crippen LogP contribution is 2.21. The molecule has 88 valence electrons. The SMILES string of the molecule is COCCC(C)(NC1CCCC1)C(N)=O. The van der Waals surface area contributed by atoms with E-state index in [1.165, 1.54) is 12.8 Å². The van der Waals surface area contributed by atoms with Crippen molar-refractivity contribution in [2.45, 2.75) is 50.6 Å². The van der Waals surface area contributed by atoms with E-state index in [4.69, 9.17) is 10.5 Å². The van der Waals surface area contributed by atoms with Crippen LogP contribution in [0.1, 0.15) is 39.0 Å². The van der Waals surface area contributed by atoms with Gasteiger partial charge in [0.1, 0.15) is 0 Å². The Morgan fingerprint density at radius 2 is 2.13 bits per heavy atom. The number of carbonyl (C=O) groups is 1. The van der Waals surface area contributed by atoms with Crippen molar-refractivity contribution >= 4 is 5.91 Å². The summed E-state index contributed by atoms with van der Waals surface area (Å²) in [5.74, 6) is -0.286. The van der Waals surface area contributed by atoms with Crippen LogP contribution in [0.2, 0.25) is 0 Å². The molecule has 0 bridgehead atoms. The van der Waals surface area contributed by atoms with E-state index in [0.29, 0.717) is 19.1 Å². The summed E-state index contributed by atoms with van der Waals surface area (Å²) in [6, 6.07) is 0.444. The maximum absolute atomic E-state index is 11.4. The number of methoxy groups -OCH3 is 1. The Morgan fingerprint density at radius 1 is 1.53 bits per heavy atom. The van der Waals surface area contributed by atoms with Crippen LogP contribution in [0.3, 0.4) is 0 Å².